The summed E-state index contributed by atoms with van der Waals surface area (Å²) in [4.78, 5) is 0. The maximum Gasteiger partial charge on any atom is 0.0786 e. The molecule has 1 nitrogen and oxygen atoms in total. The second kappa shape index (κ2) is 43.4. The molecule has 48 heavy (non-hydrogen) atoms. The molecular weight excluding hydrogens is 602 g/mol. The molecule has 0 heterocycles. The minimum Gasteiger partial charge on any atom is -1.00 e. The lowest BCUT2D eigenvalue weighted by atomic mass is 10.0. The third-order valence-electron chi connectivity index (χ3n) is 11.4. The van der Waals surface area contributed by atoms with Gasteiger partial charge in [0.25, 0.3) is 0 Å². The predicted molar refractivity (Wildman–Crippen MR) is 218 cm³/mol. The average molecular weight is 699 g/mol. The number of unbranched alkanes of at least 4 members (excludes halogenated alkanes) is 34. The van der Waals surface area contributed by atoms with Crippen molar-refractivity contribution in [1.82, 2.24) is 0 Å². The zero-order valence-corrected chi connectivity index (χ0v) is 35.3. The lowest BCUT2D eigenvalue weighted by Crippen LogP contribution is -3.00. The Balaban J connectivity index is 0. The van der Waals surface area contributed by atoms with Crippen molar-refractivity contribution >= 4 is 0 Å². The fourth-order valence-electron chi connectivity index (χ4n) is 8.06. The van der Waals surface area contributed by atoms with Gasteiger partial charge >= 0.3 is 0 Å². The highest BCUT2D eigenvalue weighted by Gasteiger charge is 2.25. The van der Waals surface area contributed by atoms with Gasteiger partial charge in [-0.3, -0.25) is 0 Å². The van der Waals surface area contributed by atoms with Crippen LogP contribution >= 0.6 is 0 Å². The Hall–Kier alpha value is 0.250. The van der Waals surface area contributed by atoms with Crippen molar-refractivity contribution < 1.29 is 16.9 Å². The van der Waals surface area contributed by atoms with Gasteiger partial charge in [-0.25, -0.2) is 0 Å². The predicted octanol–water partition coefficient (Wildman–Crippen LogP) is 13.7. The summed E-state index contributed by atoms with van der Waals surface area (Å²) >= 11 is 0. The summed E-state index contributed by atoms with van der Waals surface area (Å²) in [6, 6.07) is 0. The number of rotatable bonds is 42. The minimum atomic E-state index is 0. The van der Waals surface area contributed by atoms with E-state index in [1.807, 2.05) is 0 Å². The van der Waals surface area contributed by atoms with E-state index in [-0.39, 0.29) is 12.4 Å². The van der Waals surface area contributed by atoms with Gasteiger partial charge < -0.3 is 16.9 Å². The van der Waals surface area contributed by atoms with Gasteiger partial charge in [0.2, 0.25) is 0 Å². The molecule has 0 bridgehead atoms. The van der Waals surface area contributed by atoms with Crippen molar-refractivity contribution in [1.29, 1.82) is 0 Å². The van der Waals surface area contributed by atoms with E-state index >= 15 is 0 Å². The van der Waals surface area contributed by atoms with Crippen LogP contribution in [0, 0.1) is 0 Å². The quantitative estimate of drug-likeness (QED) is 0.0440. The topological polar surface area (TPSA) is 0 Å². The molecule has 0 rings (SSSR count). The number of hydrogen-bond acceptors (Lipinski definition) is 0. The van der Waals surface area contributed by atoms with Crippen molar-refractivity contribution in [3.63, 3.8) is 0 Å². The first kappa shape index (κ1) is 50.4. The summed E-state index contributed by atoms with van der Waals surface area (Å²) in [6.07, 6.45) is 55.7. The molecule has 0 fully saturated rings. The minimum absolute atomic E-state index is 0. The zero-order valence-electron chi connectivity index (χ0n) is 34.5. The first-order chi connectivity index (χ1) is 23.2. The second-order valence-electron chi connectivity index (χ2n) is 16.3. The van der Waals surface area contributed by atoms with Crippen LogP contribution in [0.3, 0.4) is 0 Å². The van der Waals surface area contributed by atoms with Gasteiger partial charge in [-0.05, 0) is 51.4 Å². The van der Waals surface area contributed by atoms with Crippen molar-refractivity contribution in [2.75, 3.05) is 26.2 Å². The monoisotopic (exact) mass is 698 g/mol. The van der Waals surface area contributed by atoms with E-state index < -0.39 is 0 Å². The van der Waals surface area contributed by atoms with Gasteiger partial charge in [0, 0.05) is 0 Å². The molecule has 0 spiro atoms. The molecule has 0 aromatic carbocycles. The third-order valence-corrected chi connectivity index (χ3v) is 11.4. The number of nitrogens with zero attached hydrogens (tertiary/aromatic N) is 1. The van der Waals surface area contributed by atoms with Gasteiger partial charge in [0.1, 0.15) is 0 Å². The van der Waals surface area contributed by atoms with Gasteiger partial charge in [-0.15, -0.1) is 0 Å². The highest BCUT2D eigenvalue weighted by Crippen LogP contribution is 2.21. The molecule has 0 aromatic heterocycles. The maximum absolute atomic E-state index is 2.39. The van der Waals surface area contributed by atoms with Gasteiger partial charge in [-0.1, -0.05) is 220 Å². The molecule has 0 N–H and O–H groups in total. The standard InChI is InChI=1S/C46H96N.ClH/c1-5-9-13-15-17-19-21-23-25-27-29-31-33-35-37-41-45-47(43-39-11-7-3,44-40-12-8-4)46-42-38-36-34-32-30-28-26-24-22-20-18-16-14-10-6-2;/h5-46H2,1-4H3;1H/q+1;/p-1. The van der Waals surface area contributed by atoms with Gasteiger partial charge in [0.05, 0.1) is 26.2 Å². The van der Waals surface area contributed by atoms with Crippen LogP contribution < -0.4 is 12.4 Å². The van der Waals surface area contributed by atoms with E-state index in [4.69, 9.17) is 0 Å². The van der Waals surface area contributed by atoms with Crippen LogP contribution in [0.1, 0.15) is 272 Å². The van der Waals surface area contributed by atoms with Crippen LogP contribution in [0.25, 0.3) is 0 Å². The van der Waals surface area contributed by atoms with E-state index in [9.17, 15) is 0 Å². The van der Waals surface area contributed by atoms with E-state index in [1.165, 1.54) is 275 Å². The van der Waals surface area contributed by atoms with Gasteiger partial charge in [0.15, 0.2) is 0 Å². The summed E-state index contributed by atoms with van der Waals surface area (Å²) in [7, 11) is 0. The van der Waals surface area contributed by atoms with Crippen molar-refractivity contribution in [3.05, 3.63) is 0 Å². The Kier molecular flexibility index (Phi) is 45.5. The molecule has 0 atom stereocenters. The normalized spacial score (nSPS) is 11.8. The molecule has 0 saturated carbocycles. The molecule has 0 unspecified atom stereocenters. The van der Waals surface area contributed by atoms with Crippen LogP contribution in [0.5, 0.6) is 0 Å². The first-order valence-corrected chi connectivity index (χ1v) is 23.1. The summed E-state index contributed by atoms with van der Waals surface area (Å²) in [5.74, 6) is 0. The summed E-state index contributed by atoms with van der Waals surface area (Å²) in [5, 5.41) is 0. The van der Waals surface area contributed by atoms with Crippen molar-refractivity contribution in [2.45, 2.75) is 272 Å². The lowest BCUT2D eigenvalue weighted by Gasteiger charge is -2.39. The summed E-state index contributed by atoms with van der Waals surface area (Å²) < 4.78 is 1.47. The van der Waals surface area contributed by atoms with Crippen LogP contribution in [0.4, 0.5) is 0 Å². The average Bonchev–Trinajstić information content (AvgIpc) is 3.08. The zero-order chi connectivity index (χ0) is 34.2. The summed E-state index contributed by atoms with van der Waals surface area (Å²) in [5.41, 5.74) is 0. The molecule has 2 heteroatoms. The number of halogens is 1. The van der Waals surface area contributed by atoms with Crippen molar-refractivity contribution in [2.24, 2.45) is 0 Å². The van der Waals surface area contributed by atoms with Gasteiger partial charge in [-0.2, -0.15) is 0 Å². The largest absolute Gasteiger partial charge is 1.00 e. The number of hydrogen-bond donors (Lipinski definition) is 0. The Labute approximate surface area is 313 Å². The second-order valence-corrected chi connectivity index (χ2v) is 16.3. The molecule has 0 saturated heterocycles. The lowest BCUT2D eigenvalue weighted by molar-refractivity contribution is -0.929. The fraction of sp³-hybridized carbons (Fsp3) is 1.00. The Bertz CT molecular complexity index is 500. The van der Waals surface area contributed by atoms with Crippen LogP contribution in [0.15, 0.2) is 0 Å². The molecule has 292 valence electrons. The van der Waals surface area contributed by atoms with E-state index in [1.54, 1.807) is 0 Å². The molecule has 0 aliphatic carbocycles. The first-order valence-electron chi connectivity index (χ1n) is 23.1. The summed E-state index contributed by atoms with van der Waals surface area (Å²) in [6.45, 7) is 15.3. The molecule has 0 amide bonds. The van der Waals surface area contributed by atoms with Crippen LogP contribution in [-0.2, 0) is 0 Å². The SMILES string of the molecule is CCCCCCCCCCCCCCCCCC[N+](CCCCC)(CCCCC)CCCCCCCCCCCCCCCCCC.[Cl-]. The Morgan fingerprint density at radius 2 is 0.312 bits per heavy atom. The molecule has 0 radical (unpaired) electrons. The maximum atomic E-state index is 2.39. The van der Waals surface area contributed by atoms with E-state index in [2.05, 4.69) is 27.7 Å². The van der Waals surface area contributed by atoms with E-state index in [0.29, 0.717) is 0 Å². The fourth-order valence-corrected chi connectivity index (χ4v) is 8.06. The molecular formula is C46H96ClN. The Morgan fingerprint density at radius 1 is 0.188 bits per heavy atom. The van der Waals surface area contributed by atoms with Crippen LogP contribution in [-0.4, -0.2) is 30.7 Å². The van der Waals surface area contributed by atoms with Crippen LogP contribution in [0.2, 0.25) is 0 Å². The molecule has 0 aliphatic rings. The Morgan fingerprint density at radius 3 is 0.500 bits per heavy atom. The van der Waals surface area contributed by atoms with E-state index in [0.717, 1.165) is 0 Å². The highest BCUT2D eigenvalue weighted by atomic mass is 35.5. The molecule has 0 aliphatic heterocycles. The highest BCUT2D eigenvalue weighted by molar-refractivity contribution is 4.55. The molecule has 0 aromatic rings. The number of quaternary nitrogens is 1. The smallest absolute Gasteiger partial charge is 0.0786 e. The third kappa shape index (κ3) is 37.5. The van der Waals surface area contributed by atoms with Crippen molar-refractivity contribution in [3.8, 4) is 0 Å².